The van der Waals surface area contributed by atoms with Gasteiger partial charge in [0, 0.05) is 6.61 Å². The van der Waals surface area contributed by atoms with Crippen molar-refractivity contribution < 1.29 is 23.0 Å². The SMILES string of the molecule is CC(COc1c(N)ccc(F)c1F)OC1CCCCO1. The monoisotopic (exact) mass is 287 g/mol. The molecule has 1 aliphatic heterocycles. The average molecular weight is 287 g/mol. The van der Waals surface area contributed by atoms with Crippen LogP contribution in [0.5, 0.6) is 5.75 Å². The van der Waals surface area contributed by atoms with Crippen LogP contribution in [-0.4, -0.2) is 25.6 Å². The Morgan fingerprint density at radius 3 is 2.90 bits per heavy atom. The van der Waals surface area contributed by atoms with Crippen LogP contribution in [-0.2, 0) is 9.47 Å². The Bertz CT molecular complexity index is 450. The first-order valence-electron chi connectivity index (χ1n) is 6.71. The van der Waals surface area contributed by atoms with Crippen LogP contribution in [0.15, 0.2) is 12.1 Å². The summed E-state index contributed by atoms with van der Waals surface area (Å²) < 4.78 is 42.9. The van der Waals surface area contributed by atoms with Crippen LogP contribution in [0.25, 0.3) is 0 Å². The van der Waals surface area contributed by atoms with Crippen molar-refractivity contribution >= 4 is 5.69 Å². The molecule has 4 nitrogen and oxygen atoms in total. The van der Waals surface area contributed by atoms with E-state index in [2.05, 4.69) is 0 Å². The molecule has 1 aromatic rings. The third kappa shape index (κ3) is 3.80. The second-order valence-corrected chi connectivity index (χ2v) is 4.83. The lowest BCUT2D eigenvalue weighted by Gasteiger charge is -2.26. The van der Waals surface area contributed by atoms with E-state index in [0.29, 0.717) is 6.61 Å². The Morgan fingerprint density at radius 1 is 1.40 bits per heavy atom. The van der Waals surface area contributed by atoms with E-state index in [0.717, 1.165) is 25.3 Å². The van der Waals surface area contributed by atoms with E-state index in [1.54, 1.807) is 6.92 Å². The van der Waals surface area contributed by atoms with Gasteiger partial charge in [0.15, 0.2) is 17.9 Å². The van der Waals surface area contributed by atoms with Crippen LogP contribution in [0.2, 0.25) is 0 Å². The molecule has 0 aliphatic carbocycles. The van der Waals surface area contributed by atoms with Crippen molar-refractivity contribution in [2.24, 2.45) is 0 Å². The predicted molar refractivity (Wildman–Crippen MR) is 70.4 cm³/mol. The van der Waals surface area contributed by atoms with Gasteiger partial charge in [0.05, 0.1) is 11.8 Å². The summed E-state index contributed by atoms with van der Waals surface area (Å²) in [5.41, 5.74) is 5.62. The van der Waals surface area contributed by atoms with Gasteiger partial charge in [-0.15, -0.1) is 0 Å². The summed E-state index contributed by atoms with van der Waals surface area (Å²) in [4.78, 5) is 0. The van der Waals surface area contributed by atoms with Crippen LogP contribution >= 0.6 is 0 Å². The van der Waals surface area contributed by atoms with E-state index in [1.807, 2.05) is 0 Å². The van der Waals surface area contributed by atoms with Gasteiger partial charge >= 0.3 is 0 Å². The number of nitrogens with two attached hydrogens (primary N) is 1. The molecule has 0 radical (unpaired) electrons. The van der Waals surface area contributed by atoms with Crippen molar-refractivity contribution in [3.8, 4) is 5.75 Å². The summed E-state index contributed by atoms with van der Waals surface area (Å²) in [6.07, 6.45) is 2.37. The molecule has 0 saturated carbocycles. The molecule has 1 aliphatic rings. The average Bonchev–Trinajstić information content (AvgIpc) is 2.44. The Labute approximate surface area is 116 Å². The smallest absolute Gasteiger partial charge is 0.202 e. The van der Waals surface area contributed by atoms with Gasteiger partial charge in [-0.2, -0.15) is 4.39 Å². The van der Waals surface area contributed by atoms with Gasteiger partial charge in [-0.1, -0.05) is 0 Å². The third-order valence-corrected chi connectivity index (χ3v) is 3.06. The lowest BCUT2D eigenvalue weighted by atomic mass is 10.2. The second kappa shape index (κ2) is 6.85. The molecule has 1 aromatic carbocycles. The number of ether oxygens (including phenoxy) is 3. The van der Waals surface area contributed by atoms with Crippen LogP contribution in [0, 0.1) is 11.6 Å². The summed E-state index contributed by atoms with van der Waals surface area (Å²) in [5.74, 6) is -2.34. The molecule has 1 fully saturated rings. The zero-order chi connectivity index (χ0) is 14.5. The van der Waals surface area contributed by atoms with Gasteiger partial charge in [-0.3, -0.25) is 0 Å². The fourth-order valence-electron chi connectivity index (χ4n) is 2.01. The highest BCUT2D eigenvalue weighted by Crippen LogP contribution is 2.27. The van der Waals surface area contributed by atoms with E-state index in [9.17, 15) is 8.78 Å². The minimum atomic E-state index is -1.08. The van der Waals surface area contributed by atoms with Crippen LogP contribution in [0.3, 0.4) is 0 Å². The van der Waals surface area contributed by atoms with Crippen molar-refractivity contribution in [3.05, 3.63) is 23.8 Å². The van der Waals surface area contributed by atoms with E-state index in [4.69, 9.17) is 19.9 Å². The van der Waals surface area contributed by atoms with Crippen molar-refractivity contribution in [3.63, 3.8) is 0 Å². The van der Waals surface area contributed by atoms with Crippen LogP contribution in [0.1, 0.15) is 26.2 Å². The topological polar surface area (TPSA) is 53.7 Å². The first-order chi connectivity index (χ1) is 9.58. The van der Waals surface area contributed by atoms with E-state index in [1.165, 1.54) is 6.07 Å². The maximum absolute atomic E-state index is 13.5. The largest absolute Gasteiger partial charge is 0.486 e. The van der Waals surface area contributed by atoms with Crippen LogP contribution in [0.4, 0.5) is 14.5 Å². The second-order valence-electron chi connectivity index (χ2n) is 4.83. The standard InChI is InChI=1S/C14H19F2NO3/c1-9(20-12-4-2-3-7-18-12)8-19-14-11(17)6-5-10(15)13(14)16/h5-6,9,12H,2-4,7-8,17H2,1H3. The van der Waals surface area contributed by atoms with E-state index >= 15 is 0 Å². The molecule has 2 rings (SSSR count). The summed E-state index contributed by atoms with van der Waals surface area (Å²) in [6, 6.07) is 2.23. The highest BCUT2D eigenvalue weighted by molar-refractivity contribution is 5.53. The fourth-order valence-corrected chi connectivity index (χ4v) is 2.01. The normalized spacial score (nSPS) is 20.6. The number of nitrogen functional groups attached to an aromatic ring is 1. The van der Waals surface area contributed by atoms with Crippen molar-refractivity contribution in [1.82, 2.24) is 0 Å². The number of anilines is 1. The zero-order valence-corrected chi connectivity index (χ0v) is 11.4. The lowest BCUT2D eigenvalue weighted by molar-refractivity contribution is -0.189. The highest BCUT2D eigenvalue weighted by Gasteiger charge is 2.19. The molecule has 0 spiro atoms. The first-order valence-corrected chi connectivity index (χ1v) is 6.71. The number of benzene rings is 1. The Hall–Kier alpha value is -1.40. The van der Waals surface area contributed by atoms with Gasteiger partial charge in [-0.05, 0) is 38.3 Å². The summed E-state index contributed by atoms with van der Waals surface area (Å²) in [7, 11) is 0. The maximum Gasteiger partial charge on any atom is 0.202 e. The van der Waals surface area contributed by atoms with E-state index in [-0.39, 0.29) is 30.4 Å². The molecule has 20 heavy (non-hydrogen) atoms. The van der Waals surface area contributed by atoms with E-state index < -0.39 is 11.6 Å². The minimum Gasteiger partial charge on any atom is -0.486 e. The Morgan fingerprint density at radius 2 is 2.20 bits per heavy atom. The predicted octanol–water partition coefficient (Wildman–Crippen LogP) is 2.86. The molecule has 1 heterocycles. The number of hydrogen-bond acceptors (Lipinski definition) is 4. The van der Waals surface area contributed by atoms with Gasteiger partial charge in [0.25, 0.3) is 0 Å². The molecule has 2 N–H and O–H groups in total. The molecule has 0 bridgehead atoms. The number of hydrogen-bond donors (Lipinski definition) is 1. The van der Waals surface area contributed by atoms with Crippen LogP contribution < -0.4 is 10.5 Å². The number of halogens is 2. The molecule has 0 aromatic heterocycles. The van der Waals surface area contributed by atoms with Crippen molar-refractivity contribution in [2.45, 2.75) is 38.6 Å². The zero-order valence-electron chi connectivity index (χ0n) is 11.4. The molecule has 0 amide bonds. The molecular formula is C14H19F2NO3. The molecular weight excluding hydrogens is 268 g/mol. The molecule has 2 atom stereocenters. The van der Waals surface area contributed by atoms with Gasteiger partial charge < -0.3 is 19.9 Å². The summed E-state index contributed by atoms with van der Waals surface area (Å²) in [6.45, 7) is 2.54. The lowest BCUT2D eigenvalue weighted by Crippen LogP contribution is -2.29. The van der Waals surface area contributed by atoms with Gasteiger partial charge in [0.1, 0.15) is 6.61 Å². The van der Waals surface area contributed by atoms with Gasteiger partial charge in [-0.25, -0.2) is 4.39 Å². The highest BCUT2D eigenvalue weighted by atomic mass is 19.2. The minimum absolute atomic E-state index is 0.0602. The molecule has 1 saturated heterocycles. The Balaban J connectivity index is 1.86. The quantitative estimate of drug-likeness (QED) is 0.846. The van der Waals surface area contributed by atoms with Crippen molar-refractivity contribution in [2.75, 3.05) is 18.9 Å². The fraction of sp³-hybridized carbons (Fsp3) is 0.571. The molecule has 2 unspecified atom stereocenters. The molecule has 112 valence electrons. The van der Waals surface area contributed by atoms with Gasteiger partial charge in [0.2, 0.25) is 5.82 Å². The Kier molecular flexibility index (Phi) is 5.14. The van der Waals surface area contributed by atoms with Crippen molar-refractivity contribution in [1.29, 1.82) is 0 Å². The summed E-state index contributed by atoms with van der Waals surface area (Å²) in [5, 5.41) is 0. The number of rotatable bonds is 5. The molecule has 6 heteroatoms. The summed E-state index contributed by atoms with van der Waals surface area (Å²) >= 11 is 0. The maximum atomic E-state index is 13.5. The third-order valence-electron chi connectivity index (χ3n) is 3.06. The first kappa shape index (κ1) is 15.0.